The predicted molar refractivity (Wildman–Crippen MR) is 66.9 cm³/mol. The van der Waals surface area contributed by atoms with E-state index in [1.807, 2.05) is 6.08 Å². The average Bonchev–Trinajstić information content (AvgIpc) is 2.27. The Kier molecular flexibility index (Phi) is 3.53. The van der Waals surface area contributed by atoms with Crippen LogP contribution in [0.4, 0.5) is 0 Å². The Balaban J connectivity index is 2.31. The molecule has 2 amide bonds. The van der Waals surface area contributed by atoms with Crippen molar-refractivity contribution in [2.24, 2.45) is 10.9 Å². The fraction of sp³-hybridized carbons (Fsp3) is 0.308. The minimum absolute atomic E-state index is 0.00596. The van der Waals surface area contributed by atoms with Crippen LogP contribution in [0, 0.1) is 5.92 Å². The van der Waals surface area contributed by atoms with Crippen LogP contribution in [0.5, 0.6) is 0 Å². The smallest absolute Gasteiger partial charge is 0.248 e. The summed E-state index contributed by atoms with van der Waals surface area (Å²) in [4.78, 5) is 26.3. The monoisotopic (exact) mass is 246 g/mol. The van der Waals surface area contributed by atoms with E-state index in [4.69, 9.17) is 4.74 Å². The lowest BCUT2D eigenvalue weighted by Crippen LogP contribution is -2.34. The molecule has 94 valence electrons. The summed E-state index contributed by atoms with van der Waals surface area (Å²) in [5.41, 5.74) is 2.18. The normalized spacial score (nSPS) is 24.2. The number of nitrogens with zero attached hydrogens (tertiary/aromatic N) is 1. The van der Waals surface area contributed by atoms with Gasteiger partial charge in [-0.3, -0.25) is 9.59 Å². The SMILES string of the molecule is COCC1=CC(=O)NC2=CC(=NC(C)=O)C=CC12. The van der Waals surface area contributed by atoms with Gasteiger partial charge >= 0.3 is 0 Å². The molecule has 1 aliphatic heterocycles. The Morgan fingerprint density at radius 3 is 2.94 bits per heavy atom. The van der Waals surface area contributed by atoms with Crippen LogP contribution in [0.1, 0.15) is 6.92 Å². The predicted octanol–water partition coefficient (Wildman–Crippen LogP) is 0.746. The highest BCUT2D eigenvalue weighted by atomic mass is 16.5. The van der Waals surface area contributed by atoms with Crippen molar-refractivity contribution in [3.8, 4) is 0 Å². The molecule has 0 saturated carbocycles. The maximum Gasteiger partial charge on any atom is 0.248 e. The number of ether oxygens (including phenoxy) is 1. The third kappa shape index (κ3) is 2.62. The maximum atomic E-state index is 11.5. The van der Waals surface area contributed by atoms with E-state index in [1.54, 1.807) is 25.3 Å². The molecular weight excluding hydrogens is 232 g/mol. The fourth-order valence-electron chi connectivity index (χ4n) is 2.02. The van der Waals surface area contributed by atoms with E-state index in [2.05, 4.69) is 10.3 Å². The van der Waals surface area contributed by atoms with Gasteiger partial charge in [-0.05, 0) is 17.7 Å². The molecule has 0 saturated heterocycles. The van der Waals surface area contributed by atoms with Gasteiger partial charge in [0.2, 0.25) is 11.8 Å². The van der Waals surface area contributed by atoms with Crippen molar-refractivity contribution in [3.05, 3.63) is 35.6 Å². The van der Waals surface area contributed by atoms with Gasteiger partial charge < -0.3 is 10.1 Å². The van der Waals surface area contributed by atoms with Crippen molar-refractivity contribution in [3.63, 3.8) is 0 Å². The van der Waals surface area contributed by atoms with E-state index >= 15 is 0 Å². The average molecular weight is 246 g/mol. The molecule has 0 aromatic carbocycles. The summed E-state index contributed by atoms with van der Waals surface area (Å²) >= 11 is 0. The van der Waals surface area contributed by atoms with Crippen LogP contribution in [0.25, 0.3) is 0 Å². The molecule has 5 heteroatoms. The highest BCUT2D eigenvalue weighted by Crippen LogP contribution is 2.27. The number of rotatable bonds is 2. The van der Waals surface area contributed by atoms with Crippen molar-refractivity contribution in [1.82, 2.24) is 5.32 Å². The van der Waals surface area contributed by atoms with Gasteiger partial charge in [0.1, 0.15) is 0 Å². The summed E-state index contributed by atoms with van der Waals surface area (Å²) in [7, 11) is 1.59. The molecule has 1 unspecified atom stereocenters. The first-order chi connectivity index (χ1) is 8.60. The molecule has 0 bridgehead atoms. The molecule has 0 aromatic rings. The Morgan fingerprint density at radius 1 is 1.50 bits per heavy atom. The van der Waals surface area contributed by atoms with Crippen LogP contribution >= 0.6 is 0 Å². The molecule has 1 atom stereocenters. The number of allylic oxidation sites excluding steroid dienone is 3. The number of hydrogen-bond donors (Lipinski definition) is 1. The number of carbonyl (C=O) groups is 2. The van der Waals surface area contributed by atoms with Gasteiger partial charge in [-0.1, -0.05) is 6.08 Å². The lowest BCUT2D eigenvalue weighted by Gasteiger charge is -2.27. The zero-order valence-corrected chi connectivity index (χ0v) is 10.3. The number of nitrogens with one attached hydrogen (secondary N) is 1. The first-order valence-electron chi connectivity index (χ1n) is 5.59. The van der Waals surface area contributed by atoms with E-state index in [0.29, 0.717) is 12.3 Å². The molecule has 0 aromatic heterocycles. The molecule has 2 rings (SSSR count). The van der Waals surface area contributed by atoms with E-state index < -0.39 is 0 Å². The topological polar surface area (TPSA) is 67.8 Å². The van der Waals surface area contributed by atoms with E-state index in [0.717, 1.165) is 11.3 Å². The van der Waals surface area contributed by atoms with Crippen molar-refractivity contribution in [2.45, 2.75) is 6.92 Å². The summed E-state index contributed by atoms with van der Waals surface area (Å²) in [6, 6.07) is 0. The molecule has 18 heavy (non-hydrogen) atoms. The van der Waals surface area contributed by atoms with E-state index in [-0.39, 0.29) is 17.7 Å². The van der Waals surface area contributed by atoms with Gasteiger partial charge in [-0.15, -0.1) is 0 Å². The molecule has 1 N–H and O–H groups in total. The largest absolute Gasteiger partial charge is 0.380 e. The second kappa shape index (κ2) is 5.10. The van der Waals surface area contributed by atoms with Crippen LogP contribution < -0.4 is 5.32 Å². The lowest BCUT2D eigenvalue weighted by molar-refractivity contribution is -0.116. The van der Waals surface area contributed by atoms with Crippen molar-refractivity contribution >= 4 is 17.5 Å². The second-order valence-electron chi connectivity index (χ2n) is 4.13. The highest BCUT2D eigenvalue weighted by Gasteiger charge is 2.26. The molecule has 1 heterocycles. The van der Waals surface area contributed by atoms with Crippen molar-refractivity contribution in [2.75, 3.05) is 13.7 Å². The summed E-state index contributed by atoms with van der Waals surface area (Å²) in [5, 5.41) is 2.76. The van der Waals surface area contributed by atoms with Gasteiger partial charge in [0, 0.05) is 31.7 Å². The molecule has 0 fully saturated rings. The Bertz CT molecular complexity index is 512. The minimum Gasteiger partial charge on any atom is -0.380 e. The third-order valence-corrected chi connectivity index (χ3v) is 2.68. The molecular formula is C13H14N2O3. The summed E-state index contributed by atoms with van der Waals surface area (Å²) < 4.78 is 5.08. The lowest BCUT2D eigenvalue weighted by atomic mass is 9.88. The molecule has 5 nitrogen and oxygen atoms in total. The fourth-order valence-corrected chi connectivity index (χ4v) is 2.02. The second-order valence-corrected chi connectivity index (χ2v) is 4.13. The number of methoxy groups -OCH3 is 1. The summed E-state index contributed by atoms with van der Waals surface area (Å²) in [5.74, 6) is -0.449. The van der Waals surface area contributed by atoms with Gasteiger partial charge in [0.25, 0.3) is 0 Å². The standard InChI is InChI=1S/C13H14N2O3/c1-8(16)14-10-3-4-11-9(7-18-2)5-13(17)15-12(11)6-10/h3-6,11H,7H2,1-2H3,(H,15,17). The van der Waals surface area contributed by atoms with Crippen LogP contribution in [-0.4, -0.2) is 31.2 Å². The van der Waals surface area contributed by atoms with Crippen LogP contribution in [0.3, 0.4) is 0 Å². The van der Waals surface area contributed by atoms with Gasteiger partial charge in [-0.25, -0.2) is 4.99 Å². The zero-order valence-electron chi connectivity index (χ0n) is 10.3. The Labute approximate surface area is 105 Å². The molecule has 1 aliphatic carbocycles. The van der Waals surface area contributed by atoms with E-state index in [1.165, 1.54) is 6.92 Å². The number of fused-ring (bicyclic) bond motifs is 1. The van der Waals surface area contributed by atoms with Crippen LogP contribution in [0.15, 0.2) is 40.6 Å². The number of hydrogen-bond acceptors (Lipinski definition) is 3. The highest BCUT2D eigenvalue weighted by molar-refractivity contribution is 6.11. The molecule has 2 aliphatic rings. The Hall–Kier alpha value is -2.01. The third-order valence-electron chi connectivity index (χ3n) is 2.68. The van der Waals surface area contributed by atoms with Crippen molar-refractivity contribution in [1.29, 1.82) is 0 Å². The number of carbonyl (C=O) groups excluding carboxylic acids is 2. The number of amides is 2. The molecule has 0 spiro atoms. The number of aliphatic imine (C=N–C) groups is 1. The van der Waals surface area contributed by atoms with E-state index in [9.17, 15) is 9.59 Å². The van der Waals surface area contributed by atoms with Gasteiger partial charge in [0.05, 0.1) is 12.3 Å². The molecule has 0 radical (unpaired) electrons. The first-order valence-corrected chi connectivity index (χ1v) is 5.59. The summed E-state index contributed by atoms with van der Waals surface area (Å²) in [6.07, 6.45) is 6.94. The quantitative estimate of drug-likeness (QED) is 0.781. The summed E-state index contributed by atoms with van der Waals surface area (Å²) in [6.45, 7) is 1.79. The zero-order chi connectivity index (χ0) is 13.1. The van der Waals surface area contributed by atoms with Crippen LogP contribution in [-0.2, 0) is 14.3 Å². The first kappa shape index (κ1) is 12.4. The minimum atomic E-state index is -0.264. The maximum absolute atomic E-state index is 11.5. The van der Waals surface area contributed by atoms with Gasteiger partial charge in [0.15, 0.2) is 0 Å². The van der Waals surface area contributed by atoms with Crippen LogP contribution in [0.2, 0.25) is 0 Å². The van der Waals surface area contributed by atoms with Gasteiger partial charge in [-0.2, -0.15) is 0 Å². The Morgan fingerprint density at radius 2 is 2.28 bits per heavy atom. The van der Waals surface area contributed by atoms with Crippen molar-refractivity contribution < 1.29 is 14.3 Å².